The Morgan fingerprint density at radius 1 is 1.19 bits per heavy atom. The SMILES string of the molecule is Nc1ccc(NCc2ccncn2)nc1N. The van der Waals surface area contributed by atoms with Crippen molar-refractivity contribution in [2.75, 3.05) is 16.8 Å². The van der Waals surface area contributed by atoms with E-state index < -0.39 is 0 Å². The third kappa shape index (κ3) is 2.35. The molecular weight excluding hydrogens is 204 g/mol. The lowest BCUT2D eigenvalue weighted by molar-refractivity contribution is 0.997. The lowest BCUT2D eigenvalue weighted by atomic mass is 10.3. The Morgan fingerprint density at radius 2 is 2.06 bits per heavy atom. The summed E-state index contributed by atoms with van der Waals surface area (Å²) in [6.45, 7) is 0.568. The second-order valence-electron chi connectivity index (χ2n) is 3.23. The molecule has 0 aliphatic carbocycles. The van der Waals surface area contributed by atoms with E-state index in [1.807, 2.05) is 6.07 Å². The number of hydrogen-bond donors (Lipinski definition) is 3. The summed E-state index contributed by atoms with van der Waals surface area (Å²) in [7, 11) is 0. The zero-order chi connectivity index (χ0) is 11.4. The number of anilines is 3. The minimum absolute atomic E-state index is 0.327. The summed E-state index contributed by atoms with van der Waals surface area (Å²) in [6.07, 6.45) is 3.19. The van der Waals surface area contributed by atoms with Crippen LogP contribution in [0.4, 0.5) is 17.3 Å². The van der Waals surface area contributed by atoms with Gasteiger partial charge in [-0.15, -0.1) is 0 Å². The molecule has 0 amide bonds. The molecule has 5 N–H and O–H groups in total. The number of rotatable bonds is 3. The average molecular weight is 216 g/mol. The molecule has 82 valence electrons. The predicted molar refractivity (Wildman–Crippen MR) is 62.4 cm³/mol. The Balaban J connectivity index is 2.03. The second-order valence-corrected chi connectivity index (χ2v) is 3.23. The highest BCUT2D eigenvalue weighted by Gasteiger charge is 1.99. The molecule has 2 rings (SSSR count). The molecule has 0 radical (unpaired) electrons. The standard InChI is InChI=1S/C10H12N6/c11-8-1-2-9(16-10(8)12)14-5-7-3-4-13-6-15-7/h1-4,6H,5,11H2,(H3,12,14,16). The first-order valence-electron chi connectivity index (χ1n) is 4.76. The van der Waals surface area contributed by atoms with Crippen LogP contribution in [0, 0.1) is 0 Å². The quantitative estimate of drug-likeness (QED) is 0.696. The highest BCUT2D eigenvalue weighted by atomic mass is 15.0. The van der Waals surface area contributed by atoms with E-state index in [0.29, 0.717) is 23.9 Å². The Kier molecular flexibility index (Phi) is 2.81. The zero-order valence-corrected chi connectivity index (χ0v) is 8.59. The first kappa shape index (κ1) is 10.2. The molecule has 16 heavy (non-hydrogen) atoms. The van der Waals surface area contributed by atoms with E-state index in [1.54, 1.807) is 18.3 Å². The van der Waals surface area contributed by atoms with Crippen molar-refractivity contribution >= 4 is 17.3 Å². The summed E-state index contributed by atoms with van der Waals surface area (Å²) in [4.78, 5) is 12.0. The van der Waals surface area contributed by atoms with Gasteiger partial charge in [-0.1, -0.05) is 0 Å². The Labute approximate surface area is 92.7 Å². The van der Waals surface area contributed by atoms with Crippen molar-refractivity contribution in [3.05, 3.63) is 36.4 Å². The molecule has 6 heteroatoms. The third-order valence-corrected chi connectivity index (χ3v) is 2.05. The molecule has 0 aliphatic heterocycles. The molecule has 0 bridgehead atoms. The monoisotopic (exact) mass is 216 g/mol. The fourth-order valence-corrected chi connectivity index (χ4v) is 1.19. The maximum atomic E-state index is 5.59. The van der Waals surface area contributed by atoms with Gasteiger partial charge < -0.3 is 16.8 Å². The summed E-state index contributed by atoms with van der Waals surface area (Å²) < 4.78 is 0. The fraction of sp³-hybridized carbons (Fsp3) is 0.100. The van der Waals surface area contributed by atoms with Crippen LogP contribution in [-0.4, -0.2) is 15.0 Å². The topological polar surface area (TPSA) is 103 Å². The highest BCUT2D eigenvalue weighted by Crippen LogP contribution is 2.14. The van der Waals surface area contributed by atoms with Crippen molar-refractivity contribution in [1.29, 1.82) is 0 Å². The van der Waals surface area contributed by atoms with Crippen molar-refractivity contribution in [3.8, 4) is 0 Å². The van der Waals surface area contributed by atoms with Crippen LogP contribution in [0.1, 0.15) is 5.69 Å². The zero-order valence-electron chi connectivity index (χ0n) is 8.59. The molecule has 0 atom stereocenters. The third-order valence-electron chi connectivity index (χ3n) is 2.05. The molecule has 2 aromatic heterocycles. The summed E-state index contributed by atoms with van der Waals surface area (Å²) in [6, 6.07) is 5.31. The van der Waals surface area contributed by atoms with E-state index in [2.05, 4.69) is 20.3 Å². The van der Waals surface area contributed by atoms with Crippen molar-refractivity contribution in [2.45, 2.75) is 6.54 Å². The molecule has 6 nitrogen and oxygen atoms in total. The molecule has 2 heterocycles. The first-order chi connectivity index (χ1) is 7.75. The van der Waals surface area contributed by atoms with Crippen LogP contribution < -0.4 is 16.8 Å². The number of aromatic nitrogens is 3. The van der Waals surface area contributed by atoms with Crippen LogP contribution in [0.3, 0.4) is 0 Å². The number of pyridine rings is 1. The normalized spacial score (nSPS) is 10.0. The van der Waals surface area contributed by atoms with Crippen LogP contribution in [0.15, 0.2) is 30.7 Å². The van der Waals surface area contributed by atoms with Crippen LogP contribution in [0.25, 0.3) is 0 Å². The van der Waals surface area contributed by atoms with E-state index in [1.165, 1.54) is 6.33 Å². The largest absolute Gasteiger partial charge is 0.396 e. The van der Waals surface area contributed by atoms with Crippen LogP contribution in [0.5, 0.6) is 0 Å². The number of nitrogens with two attached hydrogens (primary N) is 2. The average Bonchev–Trinajstić information content (AvgIpc) is 2.32. The molecule has 0 fully saturated rings. The number of nitrogen functional groups attached to an aromatic ring is 2. The number of hydrogen-bond acceptors (Lipinski definition) is 6. The predicted octanol–water partition coefficient (Wildman–Crippen LogP) is 0.648. The minimum Gasteiger partial charge on any atom is -0.396 e. The Bertz CT molecular complexity index is 470. The van der Waals surface area contributed by atoms with Crippen molar-refractivity contribution in [3.63, 3.8) is 0 Å². The smallest absolute Gasteiger partial charge is 0.149 e. The highest BCUT2D eigenvalue weighted by molar-refractivity contribution is 5.61. The summed E-state index contributed by atoms with van der Waals surface area (Å²) in [5.74, 6) is 0.998. The van der Waals surface area contributed by atoms with Gasteiger partial charge in [-0.3, -0.25) is 0 Å². The van der Waals surface area contributed by atoms with Crippen molar-refractivity contribution < 1.29 is 0 Å². The van der Waals surface area contributed by atoms with E-state index >= 15 is 0 Å². The van der Waals surface area contributed by atoms with Gasteiger partial charge in [-0.05, 0) is 18.2 Å². The molecule has 0 spiro atoms. The van der Waals surface area contributed by atoms with E-state index in [-0.39, 0.29) is 0 Å². The lowest BCUT2D eigenvalue weighted by Crippen LogP contribution is -2.05. The van der Waals surface area contributed by atoms with E-state index in [4.69, 9.17) is 11.5 Å². The van der Waals surface area contributed by atoms with Gasteiger partial charge in [0.25, 0.3) is 0 Å². The Morgan fingerprint density at radius 3 is 2.75 bits per heavy atom. The van der Waals surface area contributed by atoms with Crippen molar-refractivity contribution in [2.24, 2.45) is 0 Å². The van der Waals surface area contributed by atoms with Gasteiger partial charge in [-0.2, -0.15) is 0 Å². The maximum Gasteiger partial charge on any atom is 0.149 e. The van der Waals surface area contributed by atoms with E-state index in [0.717, 1.165) is 5.69 Å². The molecule has 0 aliphatic rings. The van der Waals surface area contributed by atoms with Gasteiger partial charge in [0.15, 0.2) is 0 Å². The fourth-order valence-electron chi connectivity index (χ4n) is 1.19. The van der Waals surface area contributed by atoms with Gasteiger partial charge >= 0.3 is 0 Å². The van der Waals surface area contributed by atoms with E-state index in [9.17, 15) is 0 Å². The maximum absolute atomic E-state index is 5.59. The van der Waals surface area contributed by atoms with Crippen molar-refractivity contribution in [1.82, 2.24) is 15.0 Å². The number of nitrogens with one attached hydrogen (secondary N) is 1. The molecule has 0 unspecified atom stereocenters. The van der Waals surface area contributed by atoms with Gasteiger partial charge in [-0.25, -0.2) is 15.0 Å². The van der Waals surface area contributed by atoms with Crippen LogP contribution in [0.2, 0.25) is 0 Å². The molecule has 0 saturated carbocycles. The molecular formula is C10H12N6. The van der Waals surface area contributed by atoms with Gasteiger partial charge in [0.05, 0.1) is 17.9 Å². The second kappa shape index (κ2) is 4.43. The van der Waals surface area contributed by atoms with Crippen LogP contribution >= 0.6 is 0 Å². The Hall–Kier alpha value is -2.37. The minimum atomic E-state index is 0.327. The number of nitrogens with zero attached hydrogens (tertiary/aromatic N) is 3. The van der Waals surface area contributed by atoms with Gasteiger partial charge in [0.2, 0.25) is 0 Å². The lowest BCUT2D eigenvalue weighted by Gasteiger charge is -2.06. The molecule has 2 aromatic rings. The first-order valence-corrected chi connectivity index (χ1v) is 4.76. The van der Waals surface area contributed by atoms with Gasteiger partial charge in [0.1, 0.15) is 18.0 Å². The molecule has 0 saturated heterocycles. The summed E-state index contributed by atoms with van der Waals surface area (Å²) in [5, 5.41) is 3.09. The summed E-state index contributed by atoms with van der Waals surface area (Å²) in [5.41, 5.74) is 12.5. The van der Waals surface area contributed by atoms with Crippen LogP contribution in [-0.2, 0) is 6.54 Å². The van der Waals surface area contributed by atoms with Gasteiger partial charge in [0, 0.05) is 6.20 Å². The summed E-state index contributed by atoms with van der Waals surface area (Å²) >= 11 is 0. The molecule has 0 aromatic carbocycles.